The summed E-state index contributed by atoms with van der Waals surface area (Å²) in [7, 11) is -1.21. The van der Waals surface area contributed by atoms with Gasteiger partial charge in [-0.05, 0) is 106 Å². The highest BCUT2D eigenvalue weighted by Gasteiger charge is 2.41. The van der Waals surface area contributed by atoms with Gasteiger partial charge >= 0.3 is 0 Å². The van der Waals surface area contributed by atoms with Crippen molar-refractivity contribution in [2.75, 3.05) is 43.1 Å². The minimum absolute atomic E-state index is 0.0407. The number of rotatable bonds is 13. The molecule has 1 N–H and O–H groups in total. The van der Waals surface area contributed by atoms with Crippen LogP contribution in [0.5, 0.6) is 5.75 Å². The molecule has 8 heteroatoms. The lowest BCUT2D eigenvalue weighted by atomic mass is 9.68. The van der Waals surface area contributed by atoms with Crippen LogP contribution in [0, 0.1) is 16.7 Å². The van der Waals surface area contributed by atoms with E-state index in [0.717, 1.165) is 70.3 Å². The van der Waals surface area contributed by atoms with Crippen molar-refractivity contribution in [3.8, 4) is 11.8 Å². The van der Waals surface area contributed by atoms with Gasteiger partial charge < -0.3 is 24.0 Å². The summed E-state index contributed by atoms with van der Waals surface area (Å²) in [6.07, 6.45) is 11.1. The monoisotopic (exact) mass is 712 g/mol. The van der Waals surface area contributed by atoms with Gasteiger partial charge in [-0.3, -0.25) is 0 Å². The molecule has 3 atom stereocenters. The standard InChI is InChI=1S/C43H61N4O3P/c1-30(2)47(31(3)4)51(49-25-15-21-44)48-24-13-9-12-20-43(8)32(5)35-27-34-26-33-16-14-23-46-29-42(6,7)28-36(40(33)46)41(34)50-39(35)19-22-45-38-18-11-10-17-37(38)43/h10-11,17-18,26-27,30-31,39,45H,5,9,12-16,19-20,22-25,28-29H2,1-4,6-8H3. The fourth-order valence-electron chi connectivity index (χ4n) is 8.97. The zero-order valence-corrected chi connectivity index (χ0v) is 33.2. The van der Waals surface area contributed by atoms with E-state index in [-0.39, 0.29) is 16.9 Å². The molecule has 276 valence electrons. The first kappa shape index (κ1) is 37.9. The number of nitriles is 1. The second-order valence-corrected chi connectivity index (χ2v) is 18.1. The summed E-state index contributed by atoms with van der Waals surface area (Å²) >= 11 is 0. The third kappa shape index (κ3) is 8.06. The molecular weight excluding hydrogens is 651 g/mol. The number of fused-ring (bicyclic) bond motifs is 4. The van der Waals surface area contributed by atoms with Crippen molar-refractivity contribution in [3.63, 3.8) is 0 Å². The molecule has 0 spiro atoms. The highest BCUT2D eigenvalue weighted by molar-refractivity contribution is 7.44. The van der Waals surface area contributed by atoms with Crippen molar-refractivity contribution in [1.82, 2.24) is 4.67 Å². The highest BCUT2D eigenvalue weighted by atomic mass is 31.2. The number of nitrogens with one attached hydrogen (secondary N) is 1. The normalized spacial score (nSPS) is 22.7. The summed E-state index contributed by atoms with van der Waals surface area (Å²) < 4.78 is 22.0. The van der Waals surface area contributed by atoms with Gasteiger partial charge in [-0.15, -0.1) is 0 Å². The second-order valence-electron chi connectivity index (χ2n) is 16.6. The Morgan fingerprint density at radius 3 is 2.63 bits per heavy atom. The minimum atomic E-state index is -1.21. The van der Waals surface area contributed by atoms with Gasteiger partial charge in [0, 0.05) is 66.1 Å². The topological polar surface area (TPSA) is 70.0 Å². The first-order valence-electron chi connectivity index (χ1n) is 19.5. The number of para-hydroxylation sites is 1. The van der Waals surface area contributed by atoms with Gasteiger partial charge in [-0.1, -0.05) is 58.4 Å². The molecule has 0 saturated carbocycles. The number of anilines is 2. The molecule has 7 nitrogen and oxygen atoms in total. The molecule has 0 fully saturated rings. The van der Waals surface area contributed by atoms with E-state index in [1.54, 1.807) is 0 Å². The maximum Gasteiger partial charge on any atom is 0.259 e. The van der Waals surface area contributed by atoms with Crippen LogP contribution < -0.4 is 15.0 Å². The molecule has 2 aromatic carbocycles. The van der Waals surface area contributed by atoms with Crippen molar-refractivity contribution in [3.05, 3.63) is 70.3 Å². The van der Waals surface area contributed by atoms with E-state index in [4.69, 9.17) is 25.6 Å². The summed E-state index contributed by atoms with van der Waals surface area (Å²) in [6.45, 7) is 25.0. The Balaban J connectivity index is 1.23. The number of ether oxygens (including phenoxy) is 1. The second kappa shape index (κ2) is 16.0. The zero-order valence-electron chi connectivity index (χ0n) is 32.3. The van der Waals surface area contributed by atoms with E-state index in [1.165, 1.54) is 51.2 Å². The average Bonchev–Trinajstić information content (AvgIpc) is 3.12. The molecule has 0 bridgehead atoms. The summed E-state index contributed by atoms with van der Waals surface area (Å²) in [5.74, 6) is 1.11. The van der Waals surface area contributed by atoms with E-state index < -0.39 is 8.53 Å². The zero-order chi connectivity index (χ0) is 36.3. The maximum atomic E-state index is 9.07. The molecule has 2 aromatic rings. The molecule has 0 aliphatic carbocycles. The number of benzene rings is 2. The first-order valence-corrected chi connectivity index (χ1v) is 20.6. The molecule has 0 aromatic heterocycles. The summed E-state index contributed by atoms with van der Waals surface area (Å²) in [5, 5.41) is 12.9. The molecular formula is C43H61N4O3P. The lowest BCUT2D eigenvalue weighted by Crippen LogP contribution is -2.44. The van der Waals surface area contributed by atoms with Gasteiger partial charge in [-0.2, -0.15) is 5.26 Å². The van der Waals surface area contributed by atoms with Crippen molar-refractivity contribution in [1.29, 1.82) is 5.26 Å². The van der Waals surface area contributed by atoms with E-state index >= 15 is 0 Å². The Kier molecular flexibility index (Phi) is 11.9. The van der Waals surface area contributed by atoms with Crippen LogP contribution in [0.15, 0.2) is 48.1 Å². The number of aryl methyl sites for hydroxylation is 1. The molecule has 4 aliphatic heterocycles. The predicted octanol–water partition coefficient (Wildman–Crippen LogP) is 10.3. The van der Waals surface area contributed by atoms with Gasteiger partial charge in [0.15, 0.2) is 0 Å². The van der Waals surface area contributed by atoms with Crippen LogP contribution in [0.3, 0.4) is 0 Å². The largest absolute Gasteiger partial charge is 0.485 e. The first-order chi connectivity index (χ1) is 24.4. The van der Waals surface area contributed by atoms with Crippen LogP contribution in [-0.4, -0.2) is 55.7 Å². The third-order valence-electron chi connectivity index (χ3n) is 11.3. The van der Waals surface area contributed by atoms with E-state index in [2.05, 4.69) is 106 Å². The quantitative estimate of drug-likeness (QED) is 0.164. The van der Waals surface area contributed by atoms with E-state index in [9.17, 15) is 0 Å². The number of hydrogen-bond donors (Lipinski definition) is 1. The molecule has 3 unspecified atom stereocenters. The number of nitrogens with zero attached hydrogens (tertiary/aromatic N) is 3. The predicted molar refractivity (Wildman–Crippen MR) is 213 cm³/mol. The molecule has 0 radical (unpaired) electrons. The Morgan fingerprint density at radius 2 is 1.86 bits per heavy atom. The Hall–Kier alpha value is -2.88. The van der Waals surface area contributed by atoms with Crippen LogP contribution in [0.1, 0.15) is 116 Å². The van der Waals surface area contributed by atoms with E-state index in [1.807, 2.05) is 0 Å². The van der Waals surface area contributed by atoms with Gasteiger partial charge in [0.25, 0.3) is 8.53 Å². The average molecular weight is 713 g/mol. The Bertz CT molecular complexity index is 1640. The van der Waals surface area contributed by atoms with Crippen molar-refractivity contribution < 1.29 is 13.8 Å². The lowest BCUT2D eigenvalue weighted by Gasteiger charge is -2.46. The molecule has 0 saturated heterocycles. The summed E-state index contributed by atoms with van der Waals surface area (Å²) in [5.41, 5.74) is 10.5. The van der Waals surface area contributed by atoms with Gasteiger partial charge in [0.1, 0.15) is 11.9 Å². The van der Waals surface area contributed by atoms with Gasteiger partial charge in [-0.25, -0.2) is 4.67 Å². The Morgan fingerprint density at radius 1 is 1.10 bits per heavy atom. The van der Waals surface area contributed by atoms with Crippen LogP contribution in [0.25, 0.3) is 6.08 Å². The van der Waals surface area contributed by atoms with Crippen LogP contribution >= 0.6 is 8.53 Å². The van der Waals surface area contributed by atoms with Crippen molar-refractivity contribution >= 4 is 26.0 Å². The Labute approximate surface area is 309 Å². The minimum Gasteiger partial charge on any atom is -0.485 e. The van der Waals surface area contributed by atoms with Crippen molar-refractivity contribution in [2.24, 2.45) is 5.41 Å². The number of unbranched alkanes of at least 4 members (excludes halogenated alkanes) is 2. The summed E-state index contributed by atoms with van der Waals surface area (Å²) in [6, 6.07) is 14.1. The van der Waals surface area contributed by atoms with Crippen LogP contribution in [0.2, 0.25) is 0 Å². The third-order valence-corrected chi connectivity index (χ3v) is 13.4. The number of hydrogen-bond acceptors (Lipinski definition) is 7. The van der Waals surface area contributed by atoms with Crippen LogP contribution in [0.4, 0.5) is 11.4 Å². The van der Waals surface area contributed by atoms with Crippen molar-refractivity contribution in [2.45, 2.75) is 130 Å². The highest BCUT2D eigenvalue weighted by Crippen LogP contribution is 2.52. The lowest BCUT2D eigenvalue weighted by molar-refractivity contribution is 0.174. The summed E-state index contributed by atoms with van der Waals surface area (Å²) in [4.78, 5) is 2.64. The van der Waals surface area contributed by atoms with Gasteiger partial charge in [0.05, 0.1) is 25.7 Å². The smallest absolute Gasteiger partial charge is 0.259 e. The molecule has 4 aliphatic rings. The fraction of sp³-hybridized carbons (Fsp3) is 0.605. The molecule has 0 amide bonds. The fourth-order valence-corrected chi connectivity index (χ4v) is 10.6. The molecule has 4 heterocycles. The van der Waals surface area contributed by atoms with Crippen LogP contribution in [-0.2, 0) is 27.3 Å². The van der Waals surface area contributed by atoms with Gasteiger partial charge in [0.2, 0.25) is 0 Å². The maximum absolute atomic E-state index is 9.07. The van der Waals surface area contributed by atoms with E-state index in [0.29, 0.717) is 31.7 Å². The SMILES string of the molecule is C=C1C2=Cc3cc4c5c(c3OC2CCNc2ccccc2C1(C)CCCCCOP(OCCC#N)N(C(C)C)C(C)C)CC(C)(C)CN5CCC4. The molecule has 6 rings (SSSR count). The molecule has 51 heavy (non-hydrogen) atoms.